The molecule has 5 heteroatoms. The molecule has 0 heterocycles. The Morgan fingerprint density at radius 2 is 1.38 bits per heavy atom. The van der Waals surface area contributed by atoms with Crippen LogP contribution in [0.3, 0.4) is 0 Å². The monoisotopic (exact) mass is 404 g/mol. The first-order valence-corrected chi connectivity index (χ1v) is 9.84. The molecule has 29 heavy (non-hydrogen) atoms. The maximum atomic E-state index is 14.8. The van der Waals surface area contributed by atoms with Gasteiger partial charge in [0.25, 0.3) is 0 Å². The minimum absolute atomic E-state index is 0.0711. The zero-order valence-corrected chi connectivity index (χ0v) is 16.5. The molecule has 154 valence electrons. The van der Waals surface area contributed by atoms with Gasteiger partial charge in [0, 0.05) is 11.1 Å². The highest BCUT2D eigenvalue weighted by molar-refractivity contribution is 5.66. The molecule has 0 amide bonds. The molecule has 0 N–H and O–H groups in total. The van der Waals surface area contributed by atoms with Gasteiger partial charge in [-0.25, -0.2) is 13.2 Å². The van der Waals surface area contributed by atoms with Gasteiger partial charge in [-0.15, -0.1) is 0 Å². The Kier molecular flexibility index (Phi) is 6.78. The molecular weight excluding hydrogens is 380 g/mol. The maximum Gasteiger partial charge on any atom is 0.201 e. The van der Waals surface area contributed by atoms with Crippen LogP contribution in [0.5, 0.6) is 5.75 Å². The Balaban J connectivity index is 1.90. The average molecular weight is 404 g/mol. The van der Waals surface area contributed by atoms with Crippen molar-refractivity contribution in [1.82, 2.24) is 0 Å². The molecule has 1 aliphatic rings. The molecule has 0 atom stereocenters. The molecule has 0 aromatic heterocycles. The highest BCUT2D eigenvalue weighted by Crippen LogP contribution is 2.40. The van der Waals surface area contributed by atoms with Crippen molar-refractivity contribution in [2.24, 2.45) is 5.92 Å². The van der Waals surface area contributed by atoms with Gasteiger partial charge in [-0.3, -0.25) is 0 Å². The van der Waals surface area contributed by atoms with Gasteiger partial charge < -0.3 is 4.74 Å². The SMILES string of the molecule is C/C=C/Oc1ccc(-c2ccc(C3CCC(/C=C/C)CC3)c(F)c2F)c(F)c1F. The van der Waals surface area contributed by atoms with Crippen LogP contribution in [0.15, 0.2) is 48.8 Å². The molecule has 0 aliphatic heterocycles. The summed E-state index contributed by atoms with van der Waals surface area (Å²) in [6.45, 7) is 3.64. The third kappa shape index (κ3) is 4.39. The van der Waals surface area contributed by atoms with E-state index in [0.29, 0.717) is 11.5 Å². The lowest BCUT2D eigenvalue weighted by molar-refractivity contribution is 0.364. The highest BCUT2D eigenvalue weighted by Gasteiger charge is 2.27. The van der Waals surface area contributed by atoms with Crippen molar-refractivity contribution in [1.29, 1.82) is 0 Å². The molecular formula is C24H24F4O. The number of ether oxygens (including phenoxy) is 1. The number of hydrogen-bond donors (Lipinski definition) is 0. The largest absolute Gasteiger partial charge is 0.462 e. The predicted octanol–water partition coefficient (Wildman–Crippen LogP) is 7.67. The van der Waals surface area contributed by atoms with E-state index in [-0.39, 0.29) is 22.8 Å². The second-order valence-corrected chi connectivity index (χ2v) is 7.29. The van der Waals surface area contributed by atoms with Gasteiger partial charge in [0.05, 0.1) is 6.26 Å². The highest BCUT2D eigenvalue weighted by atomic mass is 19.2. The molecule has 0 radical (unpaired) electrons. The maximum absolute atomic E-state index is 14.8. The summed E-state index contributed by atoms with van der Waals surface area (Å²) in [5.41, 5.74) is -0.336. The van der Waals surface area contributed by atoms with Crippen LogP contribution >= 0.6 is 0 Å². The van der Waals surface area contributed by atoms with E-state index in [9.17, 15) is 17.6 Å². The van der Waals surface area contributed by atoms with Crippen molar-refractivity contribution in [3.8, 4) is 16.9 Å². The Morgan fingerprint density at radius 1 is 0.759 bits per heavy atom. The van der Waals surface area contributed by atoms with Crippen LogP contribution in [0.25, 0.3) is 11.1 Å². The lowest BCUT2D eigenvalue weighted by atomic mass is 9.78. The molecule has 0 saturated heterocycles. The summed E-state index contributed by atoms with van der Waals surface area (Å²) in [6.07, 6.45) is 10.3. The first-order valence-electron chi connectivity index (χ1n) is 9.84. The second-order valence-electron chi connectivity index (χ2n) is 7.29. The second kappa shape index (κ2) is 9.29. The van der Waals surface area contributed by atoms with Gasteiger partial charge in [-0.1, -0.05) is 30.4 Å². The molecule has 1 saturated carbocycles. The van der Waals surface area contributed by atoms with Crippen LogP contribution in [0.1, 0.15) is 51.0 Å². The lowest BCUT2D eigenvalue weighted by Gasteiger charge is -2.27. The van der Waals surface area contributed by atoms with Crippen molar-refractivity contribution in [3.05, 3.63) is 77.6 Å². The van der Waals surface area contributed by atoms with E-state index in [1.54, 1.807) is 6.92 Å². The zero-order valence-electron chi connectivity index (χ0n) is 16.5. The van der Waals surface area contributed by atoms with Crippen molar-refractivity contribution >= 4 is 0 Å². The fourth-order valence-corrected chi connectivity index (χ4v) is 3.95. The Hall–Kier alpha value is -2.56. The first-order chi connectivity index (χ1) is 14.0. The molecule has 1 aliphatic carbocycles. The molecule has 0 spiro atoms. The van der Waals surface area contributed by atoms with Crippen LogP contribution in [0.2, 0.25) is 0 Å². The van der Waals surface area contributed by atoms with Crippen LogP contribution in [-0.2, 0) is 0 Å². The normalized spacial score (nSPS) is 19.9. The Labute approximate surface area is 168 Å². The van der Waals surface area contributed by atoms with Crippen molar-refractivity contribution in [3.63, 3.8) is 0 Å². The van der Waals surface area contributed by atoms with E-state index >= 15 is 0 Å². The van der Waals surface area contributed by atoms with Crippen LogP contribution < -0.4 is 4.74 Å². The number of benzene rings is 2. The molecule has 0 unspecified atom stereocenters. The van der Waals surface area contributed by atoms with Crippen LogP contribution in [-0.4, -0.2) is 0 Å². The van der Waals surface area contributed by atoms with Gasteiger partial charge in [0.2, 0.25) is 5.82 Å². The fraction of sp³-hybridized carbons (Fsp3) is 0.333. The predicted molar refractivity (Wildman–Crippen MR) is 107 cm³/mol. The number of allylic oxidation sites excluding steroid dienone is 3. The first kappa shape index (κ1) is 21.2. The van der Waals surface area contributed by atoms with Crippen molar-refractivity contribution in [2.75, 3.05) is 0 Å². The summed E-state index contributed by atoms with van der Waals surface area (Å²) in [7, 11) is 0. The zero-order chi connectivity index (χ0) is 21.0. The third-order valence-corrected chi connectivity index (χ3v) is 5.46. The molecule has 1 nitrogen and oxygen atoms in total. The Bertz CT molecular complexity index is 925. The number of halogens is 4. The smallest absolute Gasteiger partial charge is 0.201 e. The summed E-state index contributed by atoms with van der Waals surface area (Å²) >= 11 is 0. The van der Waals surface area contributed by atoms with E-state index in [0.717, 1.165) is 25.7 Å². The Morgan fingerprint density at radius 3 is 2.00 bits per heavy atom. The van der Waals surface area contributed by atoms with Crippen molar-refractivity contribution in [2.45, 2.75) is 45.4 Å². The van der Waals surface area contributed by atoms with Crippen LogP contribution in [0.4, 0.5) is 17.6 Å². The summed E-state index contributed by atoms with van der Waals surface area (Å²) in [5.74, 6) is -4.57. The van der Waals surface area contributed by atoms with E-state index < -0.39 is 23.3 Å². The fourth-order valence-electron chi connectivity index (χ4n) is 3.95. The summed E-state index contributed by atoms with van der Waals surface area (Å²) < 4.78 is 63.3. The van der Waals surface area contributed by atoms with Crippen molar-refractivity contribution < 1.29 is 22.3 Å². The summed E-state index contributed by atoms with van der Waals surface area (Å²) in [5, 5.41) is 0. The van der Waals surface area contributed by atoms with Gasteiger partial charge in [-0.2, -0.15) is 4.39 Å². The van der Waals surface area contributed by atoms with E-state index in [1.807, 2.05) is 13.0 Å². The lowest BCUT2D eigenvalue weighted by Crippen LogP contribution is -2.13. The molecule has 0 bridgehead atoms. The van der Waals surface area contributed by atoms with Crippen LogP contribution in [0, 0.1) is 29.2 Å². The average Bonchev–Trinajstić information content (AvgIpc) is 2.73. The van der Waals surface area contributed by atoms with Gasteiger partial charge in [-0.05, 0) is 69.1 Å². The standard InChI is InChI=1S/C24H24F4O/c1-3-5-15-6-8-16(9-7-15)17-10-11-18(22(26)21(17)25)19-12-13-20(29-14-4-2)24(28)23(19)27/h3-5,10-16H,6-9H2,1-2H3/b5-3+,14-4+. The summed E-state index contributed by atoms with van der Waals surface area (Å²) in [6, 6.07) is 5.21. The minimum atomic E-state index is -1.27. The van der Waals surface area contributed by atoms with Gasteiger partial charge >= 0.3 is 0 Å². The van der Waals surface area contributed by atoms with E-state index in [1.165, 1.54) is 36.6 Å². The van der Waals surface area contributed by atoms with Gasteiger partial charge in [0.1, 0.15) is 0 Å². The third-order valence-electron chi connectivity index (χ3n) is 5.46. The molecule has 1 fully saturated rings. The number of hydrogen-bond acceptors (Lipinski definition) is 1. The molecule has 2 aromatic carbocycles. The molecule has 3 rings (SSSR count). The van der Waals surface area contributed by atoms with E-state index in [4.69, 9.17) is 4.74 Å². The molecule has 2 aromatic rings. The minimum Gasteiger partial charge on any atom is -0.462 e. The number of rotatable bonds is 5. The van der Waals surface area contributed by atoms with E-state index in [2.05, 4.69) is 6.08 Å². The quantitative estimate of drug-likeness (QED) is 0.282. The van der Waals surface area contributed by atoms with Gasteiger partial charge in [0.15, 0.2) is 23.2 Å². The topological polar surface area (TPSA) is 9.23 Å². The summed E-state index contributed by atoms with van der Waals surface area (Å²) in [4.78, 5) is 0.